The molecule has 2 rings (SSSR count). The molecule has 2 aromatic rings. The van der Waals surface area contributed by atoms with Crippen molar-refractivity contribution in [1.29, 1.82) is 0 Å². The molecule has 0 fully saturated rings. The van der Waals surface area contributed by atoms with Crippen molar-refractivity contribution in [2.75, 3.05) is 25.6 Å². The number of aliphatic hydroxyl groups is 2. The lowest BCUT2D eigenvalue weighted by Crippen LogP contribution is -2.45. The Labute approximate surface area is 274 Å². The molecule has 0 aliphatic heterocycles. The number of anilines is 1. The second kappa shape index (κ2) is 24.3. The Bertz CT molecular complexity index is 1080. The molecular formula is C39H62N3O3+. The van der Waals surface area contributed by atoms with Crippen molar-refractivity contribution in [3.05, 3.63) is 72.1 Å². The van der Waals surface area contributed by atoms with Crippen LogP contribution in [0.3, 0.4) is 0 Å². The standard InChI is InChI=1S/C39H61N3O3/c1-4-5-6-7-8-9-10-11-12-13-14-15-17-20-38(44)37(33-43)40-39(45)21-18-16-19-30-42-31-28-35(29-32-42)23-22-34-24-26-36(27-25-34)41(2)3/h17,20,22-29,31-32,37-38,43-44H,4-16,18-19,21,30,33H2,1-3H3/p+1/b20-17+/t37-,38+/m0/s1. The minimum Gasteiger partial charge on any atom is -0.394 e. The number of unbranched alkanes of at least 4 members (excludes halogenated alkanes) is 13. The summed E-state index contributed by atoms with van der Waals surface area (Å²) < 4.78 is 2.17. The van der Waals surface area contributed by atoms with Gasteiger partial charge in [-0.05, 0) is 48.9 Å². The molecular weight excluding hydrogens is 558 g/mol. The van der Waals surface area contributed by atoms with Gasteiger partial charge in [-0.25, -0.2) is 4.57 Å². The number of carbonyl (C=O) groups excluding carboxylic acids is 1. The molecule has 0 unspecified atom stereocenters. The smallest absolute Gasteiger partial charge is 0.220 e. The van der Waals surface area contributed by atoms with Crippen LogP contribution in [0.15, 0.2) is 60.9 Å². The van der Waals surface area contributed by atoms with Gasteiger partial charge < -0.3 is 20.4 Å². The first kappa shape index (κ1) is 38.2. The van der Waals surface area contributed by atoms with E-state index in [9.17, 15) is 15.0 Å². The first-order chi connectivity index (χ1) is 21.9. The van der Waals surface area contributed by atoms with Gasteiger partial charge in [-0.2, -0.15) is 0 Å². The van der Waals surface area contributed by atoms with Crippen LogP contribution in [-0.2, 0) is 11.3 Å². The van der Waals surface area contributed by atoms with E-state index < -0.39 is 12.1 Å². The normalized spacial score (nSPS) is 13.0. The number of benzene rings is 1. The van der Waals surface area contributed by atoms with E-state index in [1.165, 1.54) is 75.5 Å². The summed E-state index contributed by atoms with van der Waals surface area (Å²) in [4.78, 5) is 14.5. The number of nitrogens with one attached hydrogen (secondary N) is 1. The number of pyridine rings is 1. The summed E-state index contributed by atoms with van der Waals surface area (Å²) in [6, 6.07) is 12.1. The molecule has 6 heteroatoms. The second-order valence-electron chi connectivity index (χ2n) is 12.6. The van der Waals surface area contributed by atoms with E-state index in [1.54, 1.807) is 6.08 Å². The third-order valence-corrected chi connectivity index (χ3v) is 8.38. The summed E-state index contributed by atoms with van der Waals surface area (Å²) in [6.45, 7) is 2.88. The number of aryl methyl sites for hydroxylation is 1. The van der Waals surface area contributed by atoms with E-state index in [-0.39, 0.29) is 12.5 Å². The Hall–Kier alpha value is -2.96. The molecule has 250 valence electrons. The van der Waals surface area contributed by atoms with Gasteiger partial charge in [0.05, 0.1) is 18.8 Å². The van der Waals surface area contributed by atoms with E-state index in [1.807, 2.05) is 20.2 Å². The largest absolute Gasteiger partial charge is 0.394 e. The van der Waals surface area contributed by atoms with E-state index >= 15 is 0 Å². The van der Waals surface area contributed by atoms with E-state index in [4.69, 9.17) is 0 Å². The van der Waals surface area contributed by atoms with Crippen molar-refractivity contribution in [2.45, 2.75) is 128 Å². The zero-order valence-corrected chi connectivity index (χ0v) is 28.5. The van der Waals surface area contributed by atoms with Gasteiger partial charge in [-0.3, -0.25) is 4.79 Å². The Balaban J connectivity index is 1.53. The van der Waals surface area contributed by atoms with E-state index in [0.29, 0.717) is 6.42 Å². The predicted molar refractivity (Wildman–Crippen MR) is 190 cm³/mol. The second-order valence-corrected chi connectivity index (χ2v) is 12.6. The maximum Gasteiger partial charge on any atom is 0.220 e. The van der Waals surface area contributed by atoms with Crippen molar-refractivity contribution in [1.82, 2.24) is 5.32 Å². The van der Waals surface area contributed by atoms with Crippen molar-refractivity contribution < 1.29 is 19.6 Å². The van der Waals surface area contributed by atoms with Crippen molar-refractivity contribution in [3.63, 3.8) is 0 Å². The maximum atomic E-state index is 12.4. The highest BCUT2D eigenvalue weighted by atomic mass is 16.3. The average molecular weight is 621 g/mol. The molecule has 1 aromatic carbocycles. The number of aromatic nitrogens is 1. The summed E-state index contributed by atoms with van der Waals surface area (Å²) in [6.07, 6.45) is 29.8. The number of amides is 1. The van der Waals surface area contributed by atoms with Gasteiger partial charge in [0.15, 0.2) is 12.4 Å². The van der Waals surface area contributed by atoms with Crippen LogP contribution in [0.2, 0.25) is 0 Å². The van der Waals surface area contributed by atoms with Gasteiger partial charge in [0, 0.05) is 44.8 Å². The fourth-order valence-electron chi connectivity index (χ4n) is 5.38. The predicted octanol–water partition coefficient (Wildman–Crippen LogP) is 7.87. The molecule has 6 nitrogen and oxygen atoms in total. The van der Waals surface area contributed by atoms with E-state index in [0.717, 1.165) is 44.2 Å². The topological polar surface area (TPSA) is 76.7 Å². The van der Waals surface area contributed by atoms with Crippen LogP contribution >= 0.6 is 0 Å². The molecule has 1 amide bonds. The lowest BCUT2D eigenvalue weighted by atomic mass is 10.0. The fourth-order valence-corrected chi connectivity index (χ4v) is 5.38. The molecule has 0 saturated carbocycles. The minimum atomic E-state index is -0.871. The minimum absolute atomic E-state index is 0.119. The molecule has 45 heavy (non-hydrogen) atoms. The Morgan fingerprint density at radius 3 is 1.93 bits per heavy atom. The highest BCUT2D eigenvalue weighted by Crippen LogP contribution is 2.15. The van der Waals surface area contributed by atoms with Gasteiger partial charge in [-0.15, -0.1) is 0 Å². The van der Waals surface area contributed by atoms with Gasteiger partial charge in [-0.1, -0.05) is 108 Å². The molecule has 0 radical (unpaired) electrons. The SMILES string of the molecule is CCCCCCCCCCCCC/C=C/[C@@H](O)[C@H](CO)NC(=O)CCCCC[n+]1ccc(/C=C/c2ccc(N(C)C)cc2)cc1. The summed E-state index contributed by atoms with van der Waals surface area (Å²) in [7, 11) is 4.09. The lowest BCUT2D eigenvalue weighted by molar-refractivity contribution is -0.697. The number of hydrogen-bond acceptors (Lipinski definition) is 4. The number of nitrogens with zero attached hydrogens (tertiary/aromatic N) is 2. The van der Waals surface area contributed by atoms with E-state index in [2.05, 4.69) is 82.7 Å². The average Bonchev–Trinajstić information content (AvgIpc) is 3.05. The summed E-state index contributed by atoms with van der Waals surface area (Å²) in [5.41, 5.74) is 3.52. The van der Waals surface area contributed by atoms with Crippen LogP contribution in [0.1, 0.15) is 121 Å². The first-order valence-corrected chi connectivity index (χ1v) is 17.6. The van der Waals surface area contributed by atoms with Crippen LogP contribution in [0, 0.1) is 0 Å². The molecule has 0 saturated heterocycles. The Morgan fingerprint density at radius 2 is 1.36 bits per heavy atom. The summed E-state index contributed by atoms with van der Waals surface area (Å²) >= 11 is 0. The summed E-state index contributed by atoms with van der Waals surface area (Å²) in [5, 5.41) is 23.0. The molecule has 2 atom stereocenters. The number of aliphatic hydroxyl groups excluding tert-OH is 2. The Kier molecular flexibility index (Phi) is 20.6. The number of rotatable bonds is 25. The molecule has 0 aliphatic carbocycles. The number of carbonyl (C=O) groups is 1. The fraction of sp³-hybridized carbons (Fsp3) is 0.590. The number of allylic oxidation sites excluding steroid dienone is 1. The molecule has 0 spiro atoms. The monoisotopic (exact) mass is 620 g/mol. The third-order valence-electron chi connectivity index (χ3n) is 8.38. The van der Waals surface area contributed by atoms with Crippen molar-refractivity contribution in [3.8, 4) is 0 Å². The maximum absolute atomic E-state index is 12.4. The van der Waals surface area contributed by atoms with Crippen LogP contribution in [-0.4, -0.2) is 49.0 Å². The van der Waals surface area contributed by atoms with Gasteiger partial charge in [0.2, 0.25) is 5.91 Å². The lowest BCUT2D eigenvalue weighted by Gasteiger charge is -2.19. The van der Waals surface area contributed by atoms with Gasteiger partial charge >= 0.3 is 0 Å². The van der Waals surface area contributed by atoms with Crippen LogP contribution in [0.25, 0.3) is 12.2 Å². The van der Waals surface area contributed by atoms with Gasteiger partial charge in [0.1, 0.15) is 6.54 Å². The van der Waals surface area contributed by atoms with Crippen LogP contribution in [0.4, 0.5) is 5.69 Å². The molecule has 0 aliphatic rings. The van der Waals surface area contributed by atoms with Crippen molar-refractivity contribution >= 4 is 23.7 Å². The zero-order valence-electron chi connectivity index (χ0n) is 28.5. The molecule has 1 aromatic heterocycles. The first-order valence-electron chi connectivity index (χ1n) is 17.6. The molecule has 3 N–H and O–H groups in total. The quantitative estimate of drug-likeness (QED) is 0.0600. The highest BCUT2D eigenvalue weighted by Gasteiger charge is 2.18. The number of hydrogen-bond donors (Lipinski definition) is 3. The molecule has 0 bridgehead atoms. The van der Waals surface area contributed by atoms with Crippen LogP contribution in [0.5, 0.6) is 0 Å². The molecule has 1 heterocycles. The van der Waals surface area contributed by atoms with Gasteiger partial charge in [0.25, 0.3) is 0 Å². The third kappa shape index (κ3) is 17.9. The zero-order chi connectivity index (χ0) is 32.5. The highest BCUT2D eigenvalue weighted by molar-refractivity contribution is 5.76. The Morgan fingerprint density at radius 1 is 0.800 bits per heavy atom. The van der Waals surface area contributed by atoms with Crippen LogP contribution < -0.4 is 14.8 Å². The summed E-state index contributed by atoms with van der Waals surface area (Å²) in [5.74, 6) is -0.119. The van der Waals surface area contributed by atoms with Crippen molar-refractivity contribution in [2.24, 2.45) is 0 Å².